The molecule has 190 valence electrons. The topological polar surface area (TPSA) is 79.0 Å². The summed E-state index contributed by atoms with van der Waals surface area (Å²) in [6.45, 7) is 7.03. The average Bonchev–Trinajstić information content (AvgIpc) is 3.36. The number of rotatable bonds is 9. The highest BCUT2D eigenvalue weighted by atomic mass is 35.5. The Balaban J connectivity index is 1.43. The molecule has 2 aromatic carbocycles. The number of ketones is 1. The molecule has 0 amide bonds. The van der Waals surface area contributed by atoms with Crippen molar-refractivity contribution in [1.29, 1.82) is 0 Å². The number of carbonyl (C=O) groups is 1. The first-order valence-electron chi connectivity index (χ1n) is 12.2. The van der Waals surface area contributed by atoms with Crippen molar-refractivity contribution in [3.63, 3.8) is 0 Å². The van der Waals surface area contributed by atoms with Gasteiger partial charge in [-0.3, -0.25) is 9.69 Å². The average molecular weight is 520 g/mol. The summed E-state index contributed by atoms with van der Waals surface area (Å²) in [6, 6.07) is 14.2. The molecule has 2 heterocycles. The maximum Gasteiger partial charge on any atom is 0.243 e. The minimum absolute atomic E-state index is 0.0796. The Morgan fingerprint density at radius 1 is 1.09 bits per heavy atom. The number of sulfonamides is 1. The predicted molar refractivity (Wildman–Crippen MR) is 137 cm³/mol. The van der Waals surface area contributed by atoms with Crippen molar-refractivity contribution in [3.05, 3.63) is 64.7 Å². The van der Waals surface area contributed by atoms with E-state index in [0.29, 0.717) is 25.2 Å². The third-order valence-electron chi connectivity index (χ3n) is 6.65. The van der Waals surface area contributed by atoms with Gasteiger partial charge in [0.2, 0.25) is 10.0 Å². The first-order chi connectivity index (χ1) is 16.8. The number of morpholine rings is 1. The summed E-state index contributed by atoms with van der Waals surface area (Å²) in [5.41, 5.74) is 1.43. The second-order valence-corrected chi connectivity index (χ2v) is 11.8. The van der Waals surface area contributed by atoms with Crippen molar-refractivity contribution in [2.24, 2.45) is 0 Å². The van der Waals surface area contributed by atoms with E-state index < -0.39 is 10.0 Å². The molecule has 1 N–H and O–H groups in total. The van der Waals surface area contributed by atoms with Gasteiger partial charge in [-0.1, -0.05) is 41.9 Å². The lowest BCUT2D eigenvalue weighted by Gasteiger charge is -2.34. The van der Waals surface area contributed by atoms with Crippen molar-refractivity contribution in [3.8, 4) is 0 Å². The fraction of sp³-hybridized carbons (Fsp3) is 0.500. The van der Waals surface area contributed by atoms with Crippen LogP contribution in [0, 0.1) is 0 Å². The summed E-state index contributed by atoms with van der Waals surface area (Å²) in [5.74, 6) is -0.148. The Kier molecular flexibility index (Phi) is 8.63. The van der Waals surface area contributed by atoms with Gasteiger partial charge in [0.15, 0.2) is 5.78 Å². The van der Waals surface area contributed by atoms with Crippen molar-refractivity contribution < 1.29 is 17.9 Å². The fourth-order valence-corrected chi connectivity index (χ4v) is 6.86. The number of likely N-dealkylation sites (tertiary alicyclic amines) is 1. The third-order valence-corrected chi connectivity index (χ3v) is 8.82. The molecule has 0 bridgehead atoms. The van der Waals surface area contributed by atoms with Gasteiger partial charge in [0, 0.05) is 36.3 Å². The number of hydrogen-bond donors (Lipinski definition) is 1. The van der Waals surface area contributed by atoms with Gasteiger partial charge in [-0.05, 0) is 63.5 Å². The minimum Gasteiger partial charge on any atom is -0.373 e. The first-order valence-corrected chi connectivity index (χ1v) is 14.1. The van der Waals surface area contributed by atoms with E-state index in [-0.39, 0.29) is 35.5 Å². The fourth-order valence-electron chi connectivity index (χ4n) is 4.96. The van der Waals surface area contributed by atoms with Gasteiger partial charge in [-0.15, -0.1) is 0 Å². The molecule has 2 saturated heterocycles. The Bertz CT molecular complexity index is 1130. The summed E-state index contributed by atoms with van der Waals surface area (Å²) in [6.07, 6.45) is 1.96. The number of hydrogen-bond acceptors (Lipinski definition) is 6. The van der Waals surface area contributed by atoms with Crippen LogP contribution in [0.2, 0.25) is 5.02 Å². The van der Waals surface area contributed by atoms with Crippen LogP contribution in [0.3, 0.4) is 0 Å². The van der Waals surface area contributed by atoms with Crippen molar-refractivity contribution in [2.75, 3.05) is 39.3 Å². The molecule has 0 aliphatic carbocycles. The Labute approximate surface area is 213 Å². The molecule has 3 unspecified atom stereocenters. The highest BCUT2D eigenvalue weighted by Gasteiger charge is 2.32. The molecular formula is C26H34ClN3O4S. The number of benzene rings is 2. The quantitative estimate of drug-likeness (QED) is 0.508. The summed E-state index contributed by atoms with van der Waals surface area (Å²) >= 11 is 6.49. The van der Waals surface area contributed by atoms with E-state index in [1.54, 1.807) is 18.2 Å². The highest BCUT2D eigenvalue weighted by Crippen LogP contribution is 2.29. The summed E-state index contributed by atoms with van der Waals surface area (Å²) in [7, 11) is -3.71. The largest absolute Gasteiger partial charge is 0.373 e. The monoisotopic (exact) mass is 519 g/mol. The number of carbonyl (C=O) groups excluding carboxylic acids is 1. The van der Waals surface area contributed by atoms with Gasteiger partial charge in [0.05, 0.1) is 23.6 Å². The van der Waals surface area contributed by atoms with Crippen molar-refractivity contribution in [1.82, 2.24) is 14.5 Å². The smallest absolute Gasteiger partial charge is 0.243 e. The molecule has 3 atom stereocenters. The lowest BCUT2D eigenvalue weighted by molar-refractivity contribution is -0.0440. The van der Waals surface area contributed by atoms with Crippen LogP contribution < -0.4 is 5.32 Å². The summed E-state index contributed by atoms with van der Waals surface area (Å²) < 4.78 is 33.5. The molecule has 7 nitrogen and oxygen atoms in total. The molecule has 2 aromatic rings. The SMILES string of the molecule is CC1CN(S(=O)(=O)c2cccc(C(=O)CNCC(c3ccccc3Cl)N3CCCC3)c2)CC(C)O1. The predicted octanol–water partition coefficient (Wildman–Crippen LogP) is 3.75. The van der Waals surface area contributed by atoms with Crippen LogP contribution in [0.4, 0.5) is 0 Å². The van der Waals surface area contributed by atoms with Crippen LogP contribution in [-0.4, -0.2) is 74.9 Å². The second kappa shape index (κ2) is 11.5. The van der Waals surface area contributed by atoms with Gasteiger partial charge in [0.1, 0.15) is 0 Å². The van der Waals surface area contributed by atoms with Crippen LogP contribution in [0.25, 0.3) is 0 Å². The minimum atomic E-state index is -3.71. The summed E-state index contributed by atoms with van der Waals surface area (Å²) in [4.78, 5) is 15.5. The molecule has 0 saturated carbocycles. The lowest BCUT2D eigenvalue weighted by atomic mass is 10.0. The number of nitrogens with zero attached hydrogens (tertiary/aromatic N) is 2. The molecule has 0 spiro atoms. The van der Waals surface area contributed by atoms with Gasteiger partial charge >= 0.3 is 0 Å². The maximum absolute atomic E-state index is 13.2. The van der Waals surface area contributed by atoms with E-state index in [4.69, 9.17) is 16.3 Å². The van der Waals surface area contributed by atoms with Gasteiger partial charge < -0.3 is 10.1 Å². The Morgan fingerprint density at radius 2 is 1.77 bits per heavy atom. The first kappa shape index (κ1) is 26.3. The zero-order valence-electron chi connectivity index (χ0n) is 20.3. The molecule has 2 aliphatic heterocycles. The number of halogens is 1. The zero-order chi connectivity index (χ0) is 25.0. The molecular weight excluding hydrogens is 486 g/mol. The molecule has 35 heavy (non-hydrogen) atoms. The number of Topliss-reactive ketones (excluding diaryl/α,β-unsaturated/α-hetero) is 1. The normalized spacial score (nSPS) is 22.8. The molecule has 4 rings (SSSR count). The van der Waals surface area contributed by atoms with Crippen molar-refractivity contribution in [2.45, 2.75) is 49.8 Å². The van der Waals surface area contributed by atoms with E-state index in [1.807, 2.05) is 38.1 Å². The van der Waals surface area contributed by atoms with E-state index in [2.05, 4.69) is 10.2 Å². The van der Waals surface area contributed by atoms with Crippen LogP contribution in [-0.2, 0) is 14.8 Å². The van der Waals surface area contributed by atoms with Crippen molar-refractivity contribution >= 4 is 27.4 Å². The Morgan fingerprint density at radius 3 is 2.46 bits per heavy atom. The Hall–Kier alpha value is -1.81. The molecule has 0 aromatic heterocycles. The molecule has 2 fully saturated rings. The third kappa shape index (κ3) is 6.31. The van der Waals surface area contributed by atoms with Crippen LogP contribution in [0.15, 0.2) is 53.4 Å². The van der Waals surface area contributed by atoms with Gasteiger partial charge in [0.25, 0.3) is 0 Å². The maximum atomic E-state index is 13.2. The second-order valence-electron chi connectivity index (χ2n) is 9.44. The zero-order valence-corrected chi connectivity index (χ0v) is 21.9. The van der Waals surface area contributed by atoms with Crippen LogP contribution >= 0.6 is 11.6 Å². The van der Waals surface area contributed by atoms with Crippen LogP contribution in [0.5, 0.6) is 0 Å². The molecule has 0 radical (unpaired) electrons. The molecule has 9 heteroatoms. The lowest BCUT2D eigenvalue weighted by Crippen LogP contribution is -2.48. The molecule has 2 aliphatic rings. The highest BCUT2D eigenvalue weighted by molar-refractivity contribution is 7.89. The van der Waals surface area contributed by atoms with E-state index >= 15 is 0 Å². The van der Waals surface area contributed by atoms with E-state index in [0.717, 1.165) is 36.5 Å². The standard InChI is InChI=1S/C26H34ClN3O4S/c1-19-17-30(18-20(2)34-19)35(32,33)22-9-7-8-21(14-22)26(31)16-28-15-25(29-12-5-6-13-29)23-10-3-4-11-24(23)27/h3-4,7-11,14,19-20,25,28H,5-6,12-13,15-18H2,1-2H3. The van der Waals surface area contributed by atoms with Gasteiger partial charge in [-0.25, -0.2) is 8.42 Å². The van der Waals surface area contributed by atoms with E-state index in [9.17, 15) is 13.2 Å². The number of ether oxygens (including phenoxy) is 1. The van der Waals surface area contributed by atoms with Crippen LogP contribution in [0.1, 0.15) is 48.7 Å². The van der Waals surface area contributed by atoms with E-state index in [1.165, 1.54) is 10.4 Å². The summed E-state index contributed by atoms with van der Waals surface area (Å²) in [5, 5.41) is 4.02. The van der Waals surface area contributed by atoms with Gasteiger partial charge in [-0.2, -0.15) is 4.31 Å². The number of nitrogens with one attached hydrogen (secondary N) is 1.